The fourth-order valence-corrected chi connectivity index (χ4v) is 1.31. The molecule has 0 aliphatic heterocycles. The molecule has 0 aliphatic rings. The highest BCUT2D eigenvalue weighted by atomic mass is 16.6. The lowest BCUT2D eigenvalue weighted by Gasteiger charge is -2.19. The minimum absolute atomic E-state index is 0.0531. The van der Waals surface area contributed by atoms with Crippen LogP contribution in [0.1, 0.15) is 26.3 Å². The molecule has 0 atom stereocenters. The number of amides is 1. The summed E-state index contributed by atoms with van der Waals surface area (Å²) in [6.45, 7) is 5.11. The van der Waals surface area contributed by atoms with Gasteiger partial charge >= 0.3 is 6.09 Å². The Hall–Kier alpha value is -2.31. The highest BCUT2D eigenvalue weighted by Crippen LogP contribution is 2.22. The minimum Gasteiger partial charge on any atom is -0.508 e. The average Bonchev–Trinajstić information content (AvgIpc) is 2.25. The van der Waals surface area contributed by atoms with Gasteiger partial charge < -0.3 is 15.2 Å². The van der Waals surface area contributed by atoms with Crippen molar-refractivity contribution in [2.75, 3.05) is 0 Å². The van der Waals surface area contributed by atoms with E-state index in [2.05, 4.69) is 5.32 Å². The van der Waals surface area contributed by atoms with Crippen molar-refractivity contribution in [3.63, 3.8) is 0 Å². The molecule has 0 unspecified atom stereocenters. The van der Waals surface area contributed by atoms with Crippen molar-refractivity contribution in [2.45, 2.75) is 32.9 Å². The second kappa shape index (κ2) is 5.55. The summed E-state index contributed by atoms with van der Waals surface area (Å²) in [6.07, 6.45) is -0.654. The smallest absolute Gasteiger partial charge is 0.407 e. The fraction of sp³-hybridized carbons (Fsp3) is 0.417. The van der Waals surface area contributed by atoms with E-state index in [1.54, 1.807) is 20.8 Å². The summed E-state index contributed by atoms with van der Waals surface area (Å²) < 4.78 is 5.01. The normalized spacial score (nSPS) is 10.9. The van der Waals surface area contributed by atoms with Crippen molar-refractivity contribution >= 4 is 11.8 Å². The molecule has 0 aromatic heterocycles. The van der Waals surface area contributed by atoms with Crippen LogP contribution in [0.4, 0.5) is 10.5 Å². The van der Waals surface area contributed by atoms with Crippen LogP contribution in [0.15, 0.2) is 18.2 Å². The quantitative estimate of drug-likeness (QED) is 0.647. The highest BCUT2D eigenvalue weighted by Gasteiger charge is 2.17. The molecule has 19 heavy (non-hydrogen) atoms. The van der Waals surface area contributed by atoms with Crippen molar-refractivity contribution in [2.24, 2.45) is 0 Å². The maximum Gasteiger partial charge on any atom is 0.407 e. The van der Waals surface area contributed by atoms with Gasteiger partial charge in [-0.2, -0.15) is 0 Å². The topological polar surface area (TPSA) is 102 Å². The average molecular weight is 268 g/mol. The van der Waals surface area contributed by atoms with E-state index in [0.29, 0.717) is 0 Å². The van der Waals surface area contributed by atoms with Crippen molar-refractivity contribution in [1.29, 1.82) is 0 Å². The Morgan fingerprint density at radius 2 is 2.11 bits per heavy atom. The van der Waals surface area contributed by atoms with Crippen molar-refractivity contribution < 1.29 is 19.6 Å². The van der Waals surface area contributed by atoms with Crippen LogP contribution in [0.2, 0.25) is 0 Å². The predicted octanol–water partition coefficient (Wildman–Crippen LogP) is 2.33. The summed E-state index contributed by atoms with van der Waals surface area (Å²) >= 11 is 0. The van der Waals surface area contributed by atoms with Gasteiger partial charge in [0, 0.05) is 17.7 Å². The van der Waals surface area contributed by atoms with E-state index in [1.165, 1.54) is 18.2 Å². The Balaban J connectivity index is 2.70. The van der Waals surface area contributed by atoms with E-state index in [0.717, 1.165) is 0 Å². The first-order valence-electron chi connectivity index (χ1n) is 5.62. The Kier molecular flexibility index (Phi) is 4.31. The summed E-state index contributed by atoms with van der Waals surface area (Å²) in [7, 11) is 0. The molecule has 104 valence electrons. The Bertz CT molecular complexity index is 493. The van der Waals surface area contributed by atoms with E-state index in [-0.39, 0.29) is 23.5 Å². The van der Waals surface area contributed by atoms with Gasteiger partial charge in [0.2, 0.25) is 0 Å². The maximum absolute atomic E-state index is 11.4. The van der Waals surface area contributed by atoms with Gasteiger partial charge in [0.25, 0.3) is 5.69 Å². The fourth-order valence-electron chi connectivity index (χ4n) is 1.31. The molecule has 0 aliphatic carbocycles. The van der Waals surface area contributed by atoms with Gasteiger partial charge in [0.1, 0.15) is 11.4 Å². The largest absolute Gasteiger partial charge is 0.508 e. The number of phenols is 1. The van der Waals surface area contributed by atoms with Gasteiger partial charge in [-0.05, 0) is 26.8 Å². The molecule has 0 spiro atoms. The molecule has 0 saturated heterocycles. The molecule has 1 amide bonds. The lowest BCUT2D eigenvalue weighted by molar-refractivity contribution is -0.384. The number of nitrogens with one attached hydrogen (secondary N) is 1. The molecule has 1 aromatic carbocycles. The molecule has 0 heterocycles. The molecule has 0 saturated carbocycles. The Labute approximate surface area is 110 Å². The van der Waals surface area contributed by atoms with Gasteiger partial charge in [0.15, 0.2) is 0 Å². The van der Waals surface area contributed by atoms with Crippen LogP contribution >= 0.6 is 0 Å². The van der Waals surface area contributed by atoms with E-state index in [1.807, 2.05) is 0 Å². The van der Waals surface area contributed by atoms with Crippen molar-refractivity contribution in [3.05, 3.63) is 33.9 Å². The first-order valence-corrected chi connectivity index (χ1v) is 5.62. The van der Waals surface area contributed by atoms with Crippen LogP contribution in [-0.4, -0.2) is 21.7 Å². The van der Waals surface area contributed by atoms with Crippen LogP contribution in [0, 0.1) is 10.1 Å². The lowest BCUT2D eigenvalue weighted by Crippen LogP contribution is -2.32. The van der Waals surface area contributed by atoms with E-state index in [9.17, 15) is 20.0 Å². The summed E-state index contributed by atoms with van der Waals surface area (Å²) in [5.74, 6) is -0.123. The van der Waals surface area contributed by atoms with Crippen molar-refractivity contribution in [1.82, 2.24) is 5.32 Å². The van der Waals surface area contributed by atoms with E-state index >= 15 is 0 Å². The molecular weight excluding hydrogens is 252 g/mol. The molecule has 7 heteroatoms. The number of nitro benzene ring substituents is 1. The number of nitro groups is 1. The number of rotatable bonds is 3. The molecule has 1 aromatic rings. The number of nitrogens with zero attached hydrogens (tertiary/aromatic N) is 1. The standard InChI is InChI=1S/C12H16N2O5/c1-12(2,3)19-11(16)13-7-8-6-9(14(17)18)4-5-10(8)15/h4-6,15H,7H2,1-3H3,(H,13,16). The number of carbonyl (C=O) groups is 1. The number of phenolic OH excluding ortho intramolecular Hbond substituents is 1. The molecule has 7 nitrogen and oxygen atoms in total. The monoisotopic (exact) mass is 268 g/mol. The predicted molar refractivity (Wildman–Crippen MR) is 67.8 cm³/mol. The van der Waals surface area contributed by atoms with Crippen molar-refractivity contribution in [3.8, 4) is 5.75 Å². The van der Waals surface area contributed by atoms with Gasteiger partial charge in [-0.3, -0.25) is 10.1 Å². The first-order chi connectivity index (χ1) is 8.69. The molecule has 1 rings (SSSR count). The van der Waals surface area contributed by atoms with Gasteiger partial charge in [-0.15, -0.1) is 0 Å². The first kappa shape index (κ1) is 14.7. The van der Waals surface area contributed by atoms with Crippen LogP contribution in [0.3, 0.4) is 0 Å². The SMILES string of the molecule is CC(C)(C)OC(=O)NCc1cc([N+](=O)[O-])ccc1O. The number of hydrogen-bond donors (Lipinski definition) is 2. The van der Waals surface area contributed by atoms with Gasteiger partial charge in [-0.1, -0.05) is 0 Å². The zero-order chi connectivity index (χ0) is 14.6. The Morgan fingerprint density at radius 1 is 1.47 bits per heavy atom. The zero-order valence-corrected chi connectivity index (χ0v) is 11.0. The molecule has 0 bridgehead atoms. The molecule has 2 N–H and O–H groups in total. The Morgan fingerprint density at radius 3 is 2.63 bits per heavy atom. The second-order valence-corrected chi connectivity index (χ2v) is 4.93. The lowest BCUT2D eigenvalue weighted by atomic mass is 10.2. The number of carbonyl (C=O) groups excluding carboxylic acids is 1. The minimum atomic E-state index is -0.654. The highest BCUT2D eigenvalue weighted by molar-refractivity contribution is 5.67. The second-order valence-electron chi connectivity index (χ2n) is 4.93. The third kappa shape index (κ3) is 4.82. The molecule has 0 radical (unpaired) electrons. The third-order valence-electron chi connectivity index (χ3n) is 2.10. The summed E-state index contributed by atoms with van der Waals surface area (Å²) in [6, 6.07) is 3.60. The zero-order valence-electron chi connectivity index (χ0n) is 11.0. The van der Waals surface area contributed by atoms with E-state index < -0.39 is 16.6 Å². The molecule has 0 fully saturated rings. The maximum atomic E-state index is 11.4. The third-order valence-corrected chi connectivity index (χ3v) is 2.10. The van der Waals surface area contributed by atoms with Crippen LogP contribution < -0.4 is 5.32 Å². The van der Waals surface area contributed by atoms with Gasteiger partial charge in [0.05, 0.1) is 11.5 Å². The number of non-ortho nitro benzene ring substituents is 1. The number of benzene rings is 1. The van der Waals surface area contributed by atoms with E-state index in [4.69, 9.17) is 4.74 Å². The van der Waals surface area contributed by atoms with Gasteiger partial charge in [-0.25, -0.2) is 4.79 Å². The summed E-state index contributed by atoms with van der Waals surface area (Å²) in [5, 5.41) is 22.6. The molecular formula is C12H16N2O5. The summed E-state index contributed by atoms with van der Waals surface area (Å²) in [4.78, 5) is 21.4. The van der Waals surface area contributed by atoms with Crippen LogP contribution in [0.5, 0.6) is 5.75 Å². The number of ether oxygens (including phenoxy) is 1. The number of alkyl carbamates (subject to hydrolysis) is 1. The number of aromatic hydroxyl groups is 1. The van der Waals surface area contributed by atoms with Crippen LogP contribution in [-0.2, 0) is 11.3 Å². The number of hydrogen-bond acceptors (Lipinski definition) is 5. The summed E-state index contributed by atoms with van der Waals surface area (Å²) in [5.41, 5.74) is -0.534. The van der Waals surface area contributed by atoms with Crippen LogP contribution in [0.25, 0.3) is 0 Å².